The highest BCUT2D eigenvalue weighted by molar-refractivity contribution is 7.84. The van der Waals surface area contributed by atoms with Gasteiger partial charge in [-0.25, -0.2) is 13.6 Å². The molecule has 186 valence electrons. The van der Waals surface area contributed by atoms with Gasteiger partial charge in [0, 0.05) is 41.0 Å². The molecule has 0 radical (unpaired) electrons. The fraction of sp³-hybridized carbons (Fsp3) is 0.480. The van der Waals surface area contributed by atoms with Crippen molar-refractivity contribution in [2.24, 2.45) is 0 Å². The van der Waals surface area contributed by atoms with E-state index in [1.165, 1.54) is 24.6 Å². The Kier molecular flexibility index (Phi) is 8.78. The number of benzene rings is 2. The lowest BCUT2D eigenvalue weighted by molar-refractivity contribution is 0.0163. The predicted octanol–water partition coefficient (Wildman–Crippen LogP) is 3.53. The molecule has 1 heterocycles. The highest BCUT2D eigenvalue weighted by Gasteiger charge is 2.35. The van der Waals surface area contributed by atoms with E-state index in [1.54, 1.807) is 6.92 Å². The van der Waals surface area contributed by atoms with E-state index in [1.807, 2.05) is 12.1 Å². The van der Waals surface area contributed by atoms with Crippen LogP contribution in [0.15, 0.2) is 36.4 Å². The molecule has 0 aliphatic carbocycles. The molecule has 3 N–H and O–H groups in total. The first-order valence-corrected chi connectivity index (χ1v) is 12.9. The van der Waals surface area contributed by atoms with Crippen LogP contribution >= 0.6 is 0 Å². The second kappa shape index (κ2) is 11.4. The predicted molar refractivity (Wildman–Crippen MR) is 128 cm³/mol. The number of carbonyl (C=O) groups excluding carboxylic acids is 1. The Morgan fingerprint density at radius 3 is 2.56 bits per heavy atom. The van der Waals surface area contributed by atoms with E-state index in [2.05, 4.69) is 23.6 Å². The summed E-state index contributed by atoms with van der Waals surface area (Å²) in [7, 11) is -1.04. The minimum absolute atomic E-state index is 0.0185. The molecule has 1 aliphatic heterocycles. The summed E-state index contributed by atoms with van der Waals surface area (Å²) in [6.45, 7) is 5.44. The minimum Gasteiger partial charge on any atom is -0.450 e. The number of alkyl carbamates (subject to hydrolysis) is 1. The van der Waals surface area contributed by atoms with Gasteiger partial charge in [0.1, 0.15) is 11.6 Å². The molecular weight excluding hydrogens is 462 g/mol. The molecule has 0 aromatic heterocycles. The molecule has 4 atom stereocenters. The molecule has 1 amide bonds. The fourth-order valence-electron chi connectivity index (χ4n) is 4.16. The van der Waals surface area contributed by atoms with Gasteiger partial charge in [-0.1, -0.05) is 25.1 Å². The molecule has 0 saturated heterocycles. The van der Waals surface area contributed by atoms with Gasteiger partial charge < -0.3 is 20.5 Å². The quantitative estimate of drug-likeness (QED) is 0.497. The topological polar surface area (TPSA) is 87.7 Å². The summed E-state index contributed by atoms with van der Waals surface area (Å²) >= 11 is 0. The maximum atomic E-state index is 13.7. The molecule has 0 fully saturated rings. The normalized spacial score (nSPS) is 20.2. The van der Waals surface area contributed by atoms with Crippen molar-refractivity contribution < 1.29 is 27.6 Å². The van der Waals surface area contributed by atoms with Crippen LogP contribution in [0.4, 0.5) is 13.6 Å². The second-order valence-electron chi connectivity index (χ2n) is 8.83. The Bertz CT molecular complexity index is 1030. The number of ether oxygens (including phenoxy) is 1. The van der Waals surface area contributed by atoms with Crippen LogP contribution in [0.3, 0.4) is 0 Å². The van der Waals surface area contributed by atoms with Gasteiger partial charge in [0.15, 0.2) is 0 Å². The van der Waals surface area contributed by atoms with Crippen molar-refractivity contribution in [3.05, 3.63) is 70.3 Å². The van der Waals surface area contributed by atoms with Gasteiger partial charge in [0.25, 0.3) is 0 Å². The average Bonchev–Trinajstić information content (AvgIpc) is 2.76. The molecule has 0 saturated carbocycles. The van der Waals surface area contributed by atoms with Crippen molar-refractivity contribution in [1.29, 1.82) is 0 Å². The lowest BCUT2D eigenvalue weighted by atomic mass is 9.89. The fourth-order valence-corrected chi connectivity index (χ4v) is 5.55. The van der Waals surface area contributed by atoms with E-state index in [0.717, 1.165) is 23.6 Å². The number of fused-ring (bicyclic) bond motifs is 1. The van der Waals surface area contributed by atoms with Crippen molar-refractivity contribution in [2.45, 2.75) is 57.1 Å². The number of hydrogen-bond donors (Lipinski definition) is 3. The molecule has 6 nitrogen and oxygen atoms in total. The zero-order valence-corrected chi connectivity index (χ0v) is 20.5. The SMILES string of the molecule is CCOC(=O)N[C@@H](Cc1cc(F)cc(F)c1)[C@](C)(O)CN[C@H]1CS(=O)Cc2ccc(CC)cc21. The van der Waals surface area contributed by atoms with E-state index < -0.39 is 40.2 Å². The zero-order valence-electron chi connectivity index (χ0n) is 19.7. The number of nitrogens with one attached hydrogen (secondary N) is 2. The molecule has 0 spiro atoms. The third kappa shape index (κ3) is 6.84. The molecule has 9 heteroatoms. The maximum Gasteiger partial charge on any atom is 0.407 e. The lowest BCUT2D eigenvalue weighted by Crippen LogP contribution is -2.57. The summed E-state index contributed by atoms with van der Waals surface area (Å²) in [5.74, 6) is -0.584. The van der Waals surface area contributed by atoms with Crippen molar-refractivity contribution >= 4 is 16.9 Å². The zero-order chi connectivity index (χ0) is 24.9. The molecule has 1 unspecified atom stereocenters. The van der Waals surface area contributed by atoms with Crippen LogP contribution in [-0.4, -0.2) is 46.0 Å². The second-order valence-corrected chi connectivity index (χ2v) is 10.3. The monoisotopic (exact) mass is 494 g/mol. The largest absolute Gasteiger partial charge is 0.450 e. The Hall–Kier alpha value is -2.36. The van der Waals surface area contributed by atoms with E-state index in [0.29, 0.717) is 11.5 Å². The first-order valence-electron chi connectivity index (χ1n) is 11.4. The van der Waals surface area contributed by atoms with Gasteiger partial charge in [0.05, 0.1) is 18.2 Å². The van der Waals surface area contributed by atoms with Gasteiger partial charge in [0.2, 0.25) is 0 Å². The third-order valence-corrected chi connectivity index (χ3v) is 7.39. The number of carbonyl (C=O) groups is 1. The molecule has 2 aromatic carbocycles. The molecule has 2 aromatic rings. The maximum absolute atomic E-state index is 13.7. The minimum atomic E-state index is -1.52. The van der Waals surface area contributed by atoms with Crippen LogP contribution in [0.2, 0.25) is 0 Å². The number of aliphatic hydroxyl groups is 1. The molecule has 1 aliphatic rings. The molecular formula is C25H32F2N2O4S. The molecule has 34 heavy (non-hydrogen) atoms. The Morgan fingerprint density at radius 2 is 1.91 bits per heavy atom. The van der Waals surface area contributed by atoms with E-state index >= 15 is 0 Å². The summed E-state index contributed by atoms with van der Waals surface area (Å²) < 4.78 is 44.9. The number of hydrogen-bond acceptors (Lipinski definition) is 5. The van der Waals surface area contributed by atoms with E-state index in [9.17, 15) is 22.9 Å². The smallest absolute Gasteiger partial charge is 0.407 e. The van der Waals surface area contributed by atoms with Gasteiger partial charge in [-0.15, -0.1) is 0 Å². The molecule has 3 rings (SSSR count). The van der Waals surface area contributed by atoms with Gasteiger partial charge in [-0.05, 0) is 61.1 Å². The third-order valence-electron chi connectivity index (χ3n) is 6.05. The summed E-state index contributed by atoms with van der Waals surface area (Å²) in [5, 5.41) is 17.3. The summed E-state index contributed by atoms with van der Waals surface area (Å²) in [6.07, 6.45) is 0.118. The summed E-state index contributed by atoms with van der Waals surface area (Å²) in [4.78, 5) is 12.2. The summed E-state index contributed by atoms with van der Waals surface area (Å²) in [6, 6.07) is 8.09. The van der Waals surface area contributed by atoms with Crippen molar-refractivity contribution in [3.8, 4) is 0 Å². The highest BCUT2D eigenvalue weighted by atomic mass is 32.2. The summed E-state index contributed by atoms with van der Waals surface area (Å²) in [5.41, 5.74) is 2.00. The highest BCUT2D eigenvalue weighted by Crippen LogP contribution is 2.28. The standard InChI is InChI=1S/C25H32F2N2O4S/c1-4-16-6-7-18-13-34(32)14-22(21(18)10-16)28-15-25(3,31)23(29-24(30)33-5-2)11-17-8-19(26)12-20(27)9-17/h6-10,12,22-23,28,31H,4-5,11,13-15H2,1-3H3,(H,29,30)/t22-,23-,25+,34?/m0/s1. The number of amides is 1. The van der Waals surface area contributed by atoms with Crippen LogP contribution < -0.4 is 10.6 Å². The molecule has 0 bridgehead atoms. The van der Waals surface area contributed by atoms with Crippen molar-refractivity contribution in [1.82, 2.24) is 10.6 Å². The first-order chi connectivity index (χ1) is 16.1. The van der Waals surface area contributed by atoms with Crippen LogP contribution in [0.1, 0.15) is 49.1 Å². The number of rotatable bonds is 9. The Labute approximate surface area is 201 Å². The van der Waals surface area contributed by atoms with Gasteiger partial charge >= 0.3 is 6.09 Å². The van der Waals surface area contributed by atoms with Crippen LogP contribution in [-0.2, 0) is 34.1 Å². The Morgan fingerprint density at radius 1 is 1.21 bits per heavy atom. The van der Waals surface area contributed by atoms with Crippen molar-refractivity contribution in [3.63, 3.8) is 0 Å². The van der Waals surface area contributed by atoms with Crippen molar-refractivity contribution in [2.75, 3.05) is 18.9 Å². The Balaban J connectivity index is 1.81. The van der Waals surface area contributed by atoms with Crippen LogP contribution in [0, 0.1) is 11.6 Å². The van der Waals surface area contributed by atoms with Gasteiger partial charge in [-0.3, -0.25) is 4.21 Å². The first kappa shape index (κ1) is 26.2. The van der Waals surface area contributed by atoms with Crippen LogP contribution in [0.25, 0.3) is 0 Å². The van der Waals surface area contributed by atoms with E-state index in [-0.39, 0.29) is 31.2 Å². The average molecular weight is 495 g/mol. The van der Waals surface area contributed by atoms with E-state index in [4.69, 9.17) is 4.74 Å². The van der Waals surface area contributed by atoms with Gasteiger partial charge in [-0.2, -0.15) is 0 Å². The number of aryl methyl sites for hydroxylation is 1. The number of halogens is 2. The lowest BCUT2D eigenvalue weighted by Gasteiger charge is -2.36. The van der Waals surface area contributed by atoms with Crippen LogP contribution in [0.5, 0.6) is 0 Å².